The second kappa shape index (κ2) is 12.9. The summed E-state index contributed by atoms with van der Waals surface area (Å²) in [5, 5.41) is 7.38. The zero-order chi connectivity index (χ0) is 36.3. The van der Waals surface area contributed by atoms with Crippen LogP contribution in [0, 0.1) is 0 Å². The Morgan fingerprint density at radius 1 is 0.345 bits per heavy atom. The lowest BCUT2D eigenvalue weighted by molar-refractivity contribution is 0.669. The van der Waals surface area contributed by atoms with Gasteiger partial charge in [-0.3, -0.25) is 0 Å². The van der Waals surface area contributed by atoms with E-state index in [1.54, 1.807) is 0 Å². The number of hydrogen-bond donors (Lipinski definition) is 0. The Balaban J connectivity index is 1.06. The minimum atomic E-state index is 0.896. The van der Waals surface area contributed by atoms with Gasteiger partial charge in [0.25, 0.3) is 0 Å². The molecule has 0 N–H and O–H groups in total. The lowest BCUT2D eigenvalue weighted by Gasteiger charge is -2.27. The largest absolute Gasteiger partial charge is 0.456 e. The van der Waals surface area contributed by atoms with Crippen LogP contribution in [0.2, 0.25) is 0 Å². The number of benzene rings is 9. The molecular formula is C52H33NOS. The molecule has 11 rings (SSSR count). The summed E-state index contributed by atoms with van der Waals surface area (Å²) in [6.45, 7) is 0. The van der Waals surface area contributed by atoms with Gasteiger partial charge in [-0.05, 0) is 111 Å². The summed E-state index contributed by atoms with van der Waals surface area (Å²) in [5.41, 5.74) is 12.2. The highest BCUT2D eigenvalue weighted by molar-refractivity contribution is 7.25. The molecule has 258 valence electrons. The van der Waals surface area contributed by atoms with Crippen LogP contribution in [0.5, 0.6) is 0 Å². The van der Waals surface area contributed by atoms with Crippen molar-refractivity contribution in [2.75, 3.05) is 4.90 Å². The standard InChI is InChI=1S/C52H33NOS/c1-2-17-42-34(11-1)12-9-20-43(42)35-25-28-39(29-26-35)53(40-15-7-13-36(31-40)37-27-30-51-47(33-37)45-18-4-6-24-50(45)55-51)41-16-8-14-38(32-41)44-21-10-23-49-52(44)46-19-3-5-22-48(46)54-49/h1-33H. The molecule has 0 saturated heterocycles. The van der Waals surface area contributed by atoms with Crippen LogP contribution in [0.3, 0.4) is 0 Å². The maximum absolute atomic E-state index is 6.30. The first kappa shape index (κ1) is 31.6. The van der Waals surface area contributed by atoms with Crippen molar-refractivity contribution in [2.45, 2.75) is 0 Å². The first-order valence-corrected chi connectivity index (χ1v) is 19.5. The zero-order valence-electron chi connectivity index (χ0n) is 29.8. The van der Waals surface area contributed by atoms with Gasteiger partial charge in [-0.15, -0.1) is 11.3 Å². The average Bonchev–Trinajstić information content (AvgIpc) is 3.82. The quantitative estimate of drug-likeness (QED) is 0.170. The predicted molar refractivity (Wildman–Crippen MR) is 235 cm³/mol. The highest BCUT2D eigenvalue weighted by Gasteiger charge is 2.18. The lowest BCUT2D eigenvalue weighted by Crippen LogP contribution is -2.10. The van der Waals surface area contributed by atoms with Crippen LogP contribution < -0.4 is 4.90 Å². The van der Waals surface area contributed by atoms with E-state index in [9.17, 15) is 0 Å². The number of nitrogens with zero attached hydrogens (tertiary/aromatic N) is 1. The van der Waals surface area contributed by atoms with Crippen LogP contribution in [0.25, 0.3) is 86.3 Å². The summed E-state index contributed by atoms with van der Waals surface area (Å²) in [4.78, 5) is 2.38. The van der Waals surface area contributed by atoms with Gasteiger partial charge in [0, 0.05) is 48.0 Å². The van der Waals surface area contributed by atoms with Crippen molar-refractivity contribution < 1.29 is 4.42 Å². The van der Waals surface area contributed by atoms with Gasteiger partial charge in [-0.25, -0.2) is 0 Å². The van der Waals surface area contributed by atoms with Gasteiger partial charge < -0.3 is 9.32 Å². The molecule has 0 amide bonds. The Morgan fingerprint density at radius 3 is 1.82 bits per heavy atom. The Bertz CT molecular complexity index is 3220. The van der Waals surface area contributed by atoms with E-state index in [-0.39, 0.29) is 0 Å². The number of fused-ring (bicyclic) bond motifs is 7. The molecule has 55 heavy (non-hydrogen) atoms. The number of thiophene rings is 1. The Kier molecular flexibility index (Phi) is 7.39. The molecule has 0 aliphatic carbocycles. The number of rotatable bonds is 6. The van der Waals surface area contributed by atoms with Crippen molar-refractivity contribution in [1.29, 1.82) is 0 Å². The topological polar surface area (TPSA) is 16.4 Å². The van der Waals surface area contributed by atoms with Gasteiger partial charge >= 0.3 is 0 Å². The molecule has 2 aromatic heterocycles. The molecule has 2 nitrogen and oxygen atoms in total. The van der Waals surface area contributed by atoms with Gasteiger partial charge in [0.15, 0.2) is 0 Å². The fourth-order valence-electron chi connectivity index (χ4n) is 8.27. The van der Waals surface area contributed by atoms with E-state index in [0.29, 0.717) is 0 Å². The summed E-state index contributed by atoms with van der Waals surface area (Å²) < 4.78 is 8.93. The van der Waals surface area contributed by atoms with Gasteiger partial charge in [-0.1, -0.05) is 133 Å². The summed E-state index contributed by atoms with van der Waals surface area (Å²) in [7, 11) is 0. The first-order valence-electron chi connectivity index (χ1n) is 18.7. The van der Waals surface area contributed by atoms with Gasteiger partial charge in [0.2, 0.25) is 0 Å². The smallest absolute Gasteiger partial charge is 0.136 e. The summed E-state index contributed by atoms with van der Waals surface area (Å²) in [6.07, 6.45) is 0. The van der Waals surface area contributed by atoms with Crippen molar-refractivity contribution in [3.63, 3.8) is 0 Å². The average molecular weight is 720 g/mol. The Labute approximate surface area is 322 Å². The molecule has 0 unspecified atom stereocenters. The van der Waals surface area contributed by atoms with Crippen LogP contribution in [0.4, 0.5) is 17.1 Å². The SMILES string of the molecule is c1cc(-c2ccc3sc4ccccc4c3c2)cc(N(c2ccc(-c3cccc4ccccc34)cc2)c2cccc(-c3cccc4oc5ccccc5c34)c2)c1. The summed E-state index contributed by atoms with van der Waals surface area (Å²) in [5.74, 6) is 0. The van der Waals surface area contributed by atoms with E-state index in [0.717, 1.165) is 50.1 Å². The fraction of sp³-hybridized carbons (Fsp3) is 0. The van der Waals surface area contributed by atoms with E-state index >= 15 is 0 Å². The maximum atomic E-state index is 6.30. The molecule has 0 fully saturated rings. The van der Waals surface area contributed by atoms with Crippen molar-refractivity contribution in [3.05, 3.63) is 200 Å². The number of furan rings is 1. The van der Waals surface area contributed by atoms with E-state index in [4.69, 9.17) is 4.42 Å². The van der Waals surface area contributed by atoms with E-state index in [1.165, 1.54) is 53.2 Å². The van der Waals surface area contributed by atoms with Crippen molar-refractivity contribution >= 4 is 81.3 Å². The van der Waals surface area contributed by atoms with E-state index < -0.39 is 0 Å². The first-order chi connectivity index (χ1) is 27.2. The highest BCUT2D eigenvalue weighted by Crippen LogP contribution is 2.43. The maximum Gasteiger partial charge on any atom is 0.136 e. The third-order valence-electron chi connectivity index (χ3n) is 10.9. The van der Waals surface area contributed by atoms with Gasteiger partial charge in [-0.2, -0.15) is 0 Å². The third kappa shape index (κ3) is 5.40. The molecule has 9 aromatic carbocycles. The molecule has 0 aliphatic rings. The second-order valence-electron chi connectivity index (χ2n) is 14.1. The number of para-hydroxylation sites is 1. The van der Waals surface area contributed by atoms with E-state index in [2.05, 4.69) is 193 Å². The minimum absolute atomic E-state index is 0.896. The molecule has 2 heterocycles. The van der Waals surface area contributed by atoms with Crippen molar-refractivity contribution in [1.82, 2.24) is 0 Å². The van der Waals surface area contributed by atoms with Gasteiger partial charge in [0.1, 0.15) is 11.2 Å². The molecule has 11 aromatic rings. The number of anilines is 3. The van der Waals surface area contributed by atoms with Gasteiger partial charge in [0.05, 0.1) is 0 Å². The molecule has 3 heteroatoms. The van der Waals surface area contributed by atoms with Crippen LogP contribution >= 0.6 is 11.3 Å². The molecule has 0 radical (unpaired) electrons. The number of hydrogen-bond acceptors (Lipinski definition) is 3. The highest BCUT2D eigenvalue weighted by atomic mass is 32.1. The van der Waals surface area contributed by atoms with Crippen molar-refractivity contribution in [3.8, 4) is 33.4 Å². The summed E-state index contributed by atoms with van der Waals surface area (Å²) in [6, 6.07) is 72.3. The lowest BCUT2D eigenvalue weighted by atomic mass is 9.97. The van der Waals surface area contributed by atoms with E-state index in [1.807, 2.05) is 23.5 Å². The Morgan fingerprint density at radius 2 is 0.945 bits per heavy atom. The molecule has 0 saturated carbocycles. The molecule has 0 spiro atoms. The zero-order valence-corrected chi connectivity index (χ0v) is 30.6. The minimum Gasteiger partial charge on any atom is -0.456 e. The van der Waals surface area contributed by atoms with Crippen molar-refractivity contribution in [2.24, 2.45) is 0 Å². The van der Waals surface area contributed by atoms with Crippen LogP contribution in [0.15, 0.2) is 205 Å². The third-order valence-corrected chi connectivity index (χ3v) is 12.0. The summed E-state index contributed by atoms with van der Waals surface area (Å²) >= 11 is 1.86. The van der Waals surface area contributed by atoms with Crippen LogP contribution in [-0.4, -0.2) is 0 Å². The monoisotopic (exact) mass is 719 g/mol. The molecule has 0 atom stereocenters. The van der Waals surface area contributed by atoms with Crippen LogP contribution in [0.1, 0.15) is 0 Å². The fourth-order valence-corrected chi connectivity index (χ4v) is 9.36. The molecular weight excluding hydrogens is 687 g/mol. The Hall–Kier alpha value is -6.94. The predicted octanol–water partition coefficient (Wildman–Crippen LogP) is 15.6. The normalized spacial score (nSPS) is 11.6. The molecule has 0 aliphatic heterocycles. The van der Waals surface area contributed by atoms with Crippen LogP contribution in [-0.2, 0) is 0 Å². The molecule has 0 bridgehead atoms. The second-order valence-corrected chi connectivity index (χ2v) is 15.2.